The molecule has 0 saturated carbocycles. The van der Waals surface area contributed by atoms with Gasteiger partial charge in [0.25, 0.3) is 5.56 Å². The van der Waals surface area contributed by atoms with E-state index in [1.54, 1.807) is 6.92 Å². The Balaban J connectivity index is 2.16. The summed E-state index contributed by atoms with van der Waals surface area (Å²) in [6, 6.07) is 0. The summed E-state index contributed by atoms with van der Waals surface area (Å²) in [5, 5.41) is 20.3. The highest BCUT2D eigenvalue weighted by Gasteiger charge is 2.51. The fraction of sp³-hybridized carbons (Fsp3) is 0.545. The van der Waals surface area contributed by atoms with E-state index in [1.807, 2.05) is 0 Å². The summed E-state index contributed by atoms with van der Waals surface area (Å²) >= 11 is 0. The maximum atomic E-state index is 11.6. The van der Waals surface area contributed by atoms with Gasteiger partial charge in [0.05, 0.1) is 18.8 Å². The Morgan fingerprint density at radius 3 is 2.89 bits per heavy atom. The topological polar surface area (TPSA) is 113 Å². The van der Waals surface area contributed by atoms with E-state index in [0.29, 0.717) is 5.65 Å². The third-order valence-corrected chi connectivity index (χ3v) is 3.50. The first kappa shape index (κ1) is 12.3. The average Bonchev–Trinajstić information content (AvgIpc) is 2.86. The van der Waals surface area contributed by atoms with E-state index in [1.165, 1.54) is 24.1 Å². The van der Waals surface area contributed by atoms with Crippen molar-refractivity contribution in [2.75, 3.05) is 0 Å². The number of ether oxygens (including phenoxy) is 1. The largest absolute Gasteiger partial charge is 0.387 e. The van der Waals surface area contributed by atoms with Crippen molar-refractivity contribution in [1.82, 2.24) is 19.5 Å². The molecule has 1 aliphatic rings. The quantitative estimate of drug-likeness (QED) is 0.619. The lowest BCUT2D eigenvalue weighted by atomic mass is 9.97. The molecule has 0 amide bonds. The number of H-pyrrole nitrogens is 1. The molecule has 0 aliphatic carbocycles. The van der Waals surface area contributed by atoms with E-state index in [2.05, 4.69) is 15.0 Å². The van der Waals surface area contributed by atoms with Crippen molar-refractivity contribution in [2.24, 2.45) is 0 Å². The molecular weight excluding hydrogens is 252 g/mol. The molecule has 2 aromatic heterocycles. The van der Waals surface area contributed by atoms with Crippen molar-refractivity contribution >= 4 is 11.2 Å². The second kappa shape index (κ2) is 3.86. The lowest BCUT2D eigenvalue weighted by molar-refractivity contribution is -0.0936. The summed E-state index contributed by atoms with van der Waals surface area (Å²) in [7, 11) is 0. The van der Waals surface area contributed by atoms with E-state index in [0.717, 1.165) is 0 Å². The van der Waals surface area contributed by atoms with Crippen molar-refractivity contribution in [1.29, 1.82) is 0 Å². The van der Waals surface area contributed by atoms with E-state index < -0.39 is 24.0 Å². The maximum Gasteiger partial charge on any atom is 0.278 e. The first-order chi connectivity index (χ1) is 8.93. The Morgan fingerprint density at radius 2 is 2.26 bits per heavy atom. The standard InChI is InChI=1S/C11H14N4O4/c1-5-7(16)11(2,18)10(19-5)15-4-14-6-8(15)12-3-13-9(6)17/h3-5,7,10,16,18H,1-2H3,(H,12,13,17)/t5-,7?,10+,11?/m0/s1. The van der Waals surface area contributed by atoms with Gasteiger partial charge in [-0.25, -0.2) is 9.97 Å². The van der Waals surface area contributed by atoms with E-state index in [9.17, 15) is 15.0 Å². The van der Waals surface area contributed by atoms with Crippen molar-refractivity contribution in [3.05, 3.63) is 23.0 Å². The molecule has 8 heteroatoms. The lowest BCUT2D eigenvalue weighted by Gasteiger charge is -2.27. The van der Waals surface area contributed by atoms with Crippen molar-refractivity contribution < 1.29 is 14.9 Å². The lowest BCUT2D eigenvalue weighted by Crippen LogP contribution is -2.43. The predicted octanol–water partition coefficient (Wildman–Crippen LogP) is -0.851. The zero-order valence-electron chi connectivity index (χ0n) is 10.4. The summed E-state index contributed by atoms with van der Waals surface area (Å²) in [5.41, 5.74) is -1.39. The van der Waals surface area contributed by atoms with Gasteiger partial charge >= 0.3 is 0 Å². The van der Waals surface area contributed by atoms with Crippen LogP contribution in [0.15, 0.2) is 17.4 Å². The van der Waals surface area contributed by atoms with Gasteiger partial charge in [-0.2, -0.15) is 0 Å². The number of imidazole rings is 1. The number of rotatable bonds is 1. The van der Waals surface area contributed by atoms with Gasteiger partial charge in [-0.1, -0.05) is 0 Å². The predicted molar refractivity (Wildman–Crippen MR) is 64.4 cm³/mol. The number of aromatic nitrogens is 4. The number of nitrogens with zero attached hydrogens (tertiary/aromatic N) is 3. The molecule has 102 valence electrons. The molecule has 2 unspecified atom stereocenters. The highest BCUT2D eigenvalue weighted by molar-refractivity contribution is 5.68. The minimum Gasteiger partial charge on any atom is -0.387 e. The number of fused-ring (bicyclic) bond motifs is 1. The minimum atomic E-state index is -1.49. The maximum absolute atomic E-state index is 11.6. The van der Waals surface area contributed by atoms with Crippen LogP contribution in [0.3, 0.4) is 0 Å². The number of aliphatic hydroxyl groups is 2. The molecule has 0 radical (unpaired) electrons. The number of nitrogens with one attached hydrogen (secondary N) is 1. The smallest absolute Gasteiger partial charge is 0.278 e. The van der Waals surface area contributed by atoms with Crippen LogP contribution in [0.2, 0.25) is 0 Å². The third-order valence-electron chi connectivity index (χ3n) is 3.50. The Kier molecular flexibility index (Phi) is 2.49. The van der Waals surface area contributed by atoms with Crippen molar-refractivity contribution in [3.8, 4) is 0 Å². The molecule has 2 aromatic rings. The van der Waals surface area contributed by atoms with E-state index in [4.69, 9.17) is 4.74 Å². The normalized spacial score (nSPS) is 35.1. The second-order valence-electron chi connectivity index (χ2n) is 4.92. The summed E-state index contributed by atoms with van der Waals surface area (Å²) in [6.45, 7) is 3.14. The summed E-state index contributed by atoms with van der Waals surface area (Å²) in [6.07, 6.45) is 0.219. The zero-order valence-corrected chi connectivity index (χ0v) is 10.4. The first-order valence-corrected chi connectivity index (χ1v) is 5.89. The van der Waals surface area contributed by atoms with Crippen LogP contribution in [-0.2, 0) is 4.74 Å². The average molecular weight is 266 g/mol. The van der Waals surface area contributed by atoms with Gasteiger partial charge in [0.2, 0.25) is 0 Å². The summed E-state index contributed by atoms with van der Waals surface area (Å²) in [5.74, 6) is 0. The van der Waals surface area contributed by atoms with Gasteiger partial charge in [-0.3, -0.25) is 9.36 Å². The fourth-order valence-corrected chi connectivity index (χ4v) is 2.42. The van der Waals surface area contributed by atoms with Gasteiger partial charge in [-0.05, 0) is 13.8 Å². The number of aliphatic hydroxyl groups excluding tert-OH is 1. The van der Waals surface area contributed by atoms with Crippen LogP contribution in [0, 0.1) is 0 Å². The Hall–Kier alpha value is -1.77. The molecule has 8 nitrogen and oxygen atoms in total. The zero-order chi connectivity index (χ0) is 13.8. The number of hydrogen-bond donors (Lipinski definition) is 3. The van der Waals surface area contributed by atoms with Gasteiger partial charge in [0.1, 0.15) is 11.7 Å². The molecule has 1 fully saturated rings. The molecule has 1 saturated heterocycles. The molecular formula is C11H14N4O4. The van der Waals surface area contributed by atoms with Crippen LogP contribution in [0.1, 0.15) is 20.1 Å². The van der Waals surface area contributed by atoms with Crippen LogP contribution < -0.4 is 5.56 Å². The third kappa shape index (κ3) is 1.61. The van der Waals surface area contributed by atoms with Crippen LogP contribution in [0.4, 0.5) is 0 Å². The molecule has 0 bridgehead atoms. The summed E-state index contributed by atoms with van der Waals surface area (Å²) < 4.78 is 7.01. The van der Waals surface area contributed by atoms with Gasteiger partial charge in [-0.15, -0.1) is 0 Å². The van der Waals surface area contributed by atoms with E-state index >= 15 is 0 Å². The van der Waals surface area contributed by atoms with Crippen LogP contribution in [-0.4, -0.2) is 47.5 Å². The van der Waals surface area contributed by atoms with Crippen molar-refractivity contribution in [3.63, 3.8) is 0 Å². The first-order valence-electron chi connectivity index (χ1n) is 5.89. The molecule has 1 aliphatic heterocycles. The summed E-state index contributed by atoms with van der Waals surface area (Å²) in [4.78, 5) is 22.0. The highest BCUT2D eigenvalue weighted by Crippen LogP contribution is 2.38. The molecule has 19 heavy (non-hydrogen) atoms. The van der Waals surface area contributed by atoms with Gasteiger partial charge < -0.3 is 19.9 Å². The number of aromatic amines is 1. The molecule has 3 heterocycles. The SMILES string of the molecule is C[C@@H]1O[C@@H](n2cnc3c(=O)[nH]cnc32)C(C)(O)C1O. The Morgan fingerprint density at radius 1 is 1.53 bits per heavy atom. The van der Waals surface area contributed by atoms with Gasteiger partial charge in [0, 0.05) is 0 Å². The molecule has 3 rings (SSSR count). The van der Waals surface area contributed by atoms with Gasteiger partial charge in [0.15, 0.2) is 17.4 Å². The Labute approximate surface area is 107 Å². The second-order valence-corrected chi connectivity index (χ2v) is 4.92. The van der Waals surface area contributed by atoms with Crippen LogP contribution in [0.5, 0.6) is 0 Å². The van der Waals surface area contributed by atoms with Crippen LogP contribution in [0.25, 0.3) is 11.2 Å². The minimum absolute atomic E-state index is 0.163. The molecule has 3 N–H and O–H groups in total. The van der Waals surface area contributed by atoms with E-state index in [-0.39, 0.29) is 11.1 Å². The molecule has 4 atom stereocenters. The highest BCUT2D eigenvalue weighted by atomic mass is 16.6. The molecule has 0 spiro atoms. The van der Waals surface area contributed by atoms with Crippen LogP contribution >= 0.6 is 0 Å². The monoisotopic (exact) mass is 266 g/mol. The number of hydrogen-bond acceptors (Lipinski definition) is 6. The van der Waals surface area contributed by atoms with Crippen molar-refractivity contribution in [2.45, 2.75) is 37.9 Å². The molecule has 0 aromatic carbocycles. The Bertz CT molecular complexity index is 677. The fourth-order valence-electron chi connectivity index (χ4n) is 2.42.